The molecule has 1 N–H and O–H groups in total. The van der Waals surface area contributed by atoms with Gasteiger partial charge >= 0.3 is 0 Å². The van der Waals surface area contributed by atoms with Crippen LogP contribution in [0.5, 0.6) is 0 Å². The zero-order chi connectivity index (χ0) is 13.0. The van der Waals surface area contributed by atoms with E-state index < -0.39 is 0 Å². The molecule has 0 aromatic carbocycles. The number of aliphatic hydroxyl groups is 1. The molecular weight excluding hydrogens is 220 g/mol. The lowest BCUT2D eigenvalue weighted by atomic mass is 9.63. The van der Waals surface area contributed by atoms with E-state index in [9.17, 15) is 0 Å². The molecule has 0 saturated heterocycles. The van der Waals surface area contributed by atoms with Gasteiger partial charge in [-0.2, -0.15) is 0 Å². The van der Waals surface area contributed by atoms with Gasteiger partial charge in [0.25, 0.3) is 0 Å². The van der Waals surface area contributed by atoms with Crippen LogP contribution >= 0.6 is 0 Å². The molecule has 3 unspecified atom stereocenters. The SMILES string of the molecule is C=C1C=C2CCC(CCCCO)C(CC)C2CC1. The molecule has 0 aromatic heterocycles. The molecule has 2 rings (SSSR count). The van der Waals surface area contributed by atoms with E-state index in [0.29, 0.717) is 6.61 Å². The molecule has 0 radical (unpaired) electrons. The Morgan fingerprint density at radius 1 is 1.28 bits per heavy atom. The first-order chi connectivity index (χ1) is 8.76. The summed E-state index contributed by atoms with van der Waals surface area (Å²) in [5.74, 6) is 2.63. The van der Waals surface area contributed by atoms with Crippen LogP contribution < -0.4 is 0 Å². The zero-order valence-electron chi connectivity index (χ0n) is 11.8. The highest BCUT2D eigenvalue weighted by Gasteiger charge is 2.35. The average Bonchev–Trinajstić information content (AvgIpc) is 2.38. The number of hydrogen-bond acceptors (Lipinski definition) is 1. The number of hydrogen-bond donors (Lipinski definition) is 1. The van der Waals surface area contributed by atoms with E-state index in [1.807, 2.05) is 0 Å². The summed E-state index contributed by atoms with van der Waals surface area (Å²) >= 11 is 0. The number of rotatable bonds is 5. The Kier molecular flexibility index (Phi) is 5.05. The summed E-state index contributed by atoms with van der Waals surface area (Å²) in [4.78, 5) is 0. The number of unbranched alkanes of at least 4 members (excludes halogenated alkanes) is 1. The Balaban J connectivity index is 2.00. The molecule has 0 aliphatic heterocycles. The minimum absolute atomic E-state index is 0.359. The Bertz CT molecular complexity index is 316. The third-order valence-electron chi connectivity index (χ3n) is 5.02. The second-order valence-corrected chi connectivity index (χ2v) is 6.11. The molecule has 2 aliphatic carbocycles. The second-order valence-electron chi connectivity index (χ2n) is 6.11. The summed E-state index contributed by atoms with van der Waals surface area (Å²) in [5, 5.41) is 8.92. The predicted octanol–water partition coefficient (Wildman–Crippen LogP) is 4.48. The Labute approximate surface area is 112 Å². The van der Waals surface area contributed by atoms with Gasteiger partial charge < -0.3 is 5.11 Å². The van der Waals surface area contributed by atoms with Crippen molar-refractivity contribution in [3.8, 4) is 0 Å². The lowest BCUT2D eigenvalue weighted by Gasteiger charge is -2.42. The standard InChI is InChI=1S/C17H28O/c1-3-16-14(6-4-5-11-18)8-9-15-12-13(2)7-10-17(15)16/h12,14,16-18H,2-11H2,1H3. The van der Waals surface area contributed by atoms with Crippen LogP contribution in [0.4, 0.5) is 0 Å². The van der Waals surface area contributed by atoms with Gasteiger partial charge in [0.2, 0.25) is 0 Å². The maximum atomic E-state index is 8.92. The lowest BCUT2D eigenvalue weighted by Crippen LogP contribution is -2.31. The van der Waals surface area contributed by atoms with Crippen LogP contribution in [-0.2, 0) is 0 Å². The molecule has 1 fully saturated rings. The summed E-state index contributed by atoms with van der Waals surface area (Å²) in [7, 11) is 0. The van der Waals surface area contributed by atoms with Gasteiger partial charge in [0.1, 0.15) is 0 Å². The highest BCUT2D eigenvalue weighted by Crippen LogP contribution is 2.47. The van der Waals surface area contributed by atoms with Crippen LogP contribution in [0.25, 0.3) is 0 Å². The van der Waals surface area contributed by atoms with Gasteiger partial charge in [0.15, 0.2) is 0 Å². The van der Waals surface area contributed by atoms with Gasteiger partial charge in [-0.15, -0.1) is 0 Å². The zero-order valence-corrected chi connectivity index (χ0v) is 11.8. The van der Waals surface area contributed by atoms with Crippen molar-refractivity contribution in [3.63, 3.8) is 0 Å². The normalized spacial score (nSPS) is 32.0. The second kappa shape index (κ2) is 6.56. The molecule has 0 amide bonds. The maximum absolute atomic E-state index is 8.92. The minimum atomic E-state index is 0.359. The molecule has 0 heterocycles. The predicted molar refractivity (Wildman–Crippen MR) is 77.4 cm³/mol. The van der Waals surface area contributed by atoms with Gasteiger partial charge in [-0.25, -0.2) is 0 Å². The van der Waals surface area contributed by atoms with Crippen LogP contribution in [0.1, 0.15) is 58.3 Å². The van der Waals surface area contributed by atoms with Crippen molar-refractivity contribution < 1.29 is 5.11 Å². The molecule has 102 valence electrons. The smallest absolute Gasteiger partial charge is 0.0431 e. The molecule has 0 bridgehead atoms. The summed E-state index contributed by atoms with van der Waals surface area (Å²) in [5.41, 5.74) is 3.03. The van der Waals surface area contributed by atoms with Crippen LogP contribution in [0, 0.1) is 17.8 Å². The number of allylic oxidation sites excluding steroid dienone is 3. The van der Waals surface area contributed by atoms with E-state index in [4.69, 9.17) is 5.11 Å². The van der Waals surface area contributed by atoms with Crippen LogP contribution in [-0.4, -0.2) is 11.7 Å². The summed E-state index contributed by atoms with van der Waals surface area (Å²) < 4.78 is 0. The fourth-order valence-corrected chi connectivity index (χ4v) is 4.10. The third kappa shape index (κ3) is 3.06. The third-order valence-corrected chi connectivity index (χ3v) is 5.02. The Morgan fingerprint density at radius 3 is 2.83 bits per heavy atom. The number of fused-ring (bicyclic) bond motifs is 1. The summed E-state index contributed by atoms with van der Waals surface area (Å²) in [6.45, 7) is 6.85. The molecule has 18 heavy (non-hydrogen) atoms. The summed E-state index contributed by atoms with van der Waals surface area (Å²) in [6.07, 6.45) is 12.4. The largest absolute Gasteiger partial charge is 0.396 e. The quantitative estimate of drug-likeness (QED) is 0.711. The van der Waals surface area contributed by atoms with Crippen molar-refractivity contribution in [2.24, 2.45) is 17.8 Å². The minimum Gasteiger partial charge on any atom is -0.396 e. The first-order valence-corrected chi connectivity index (χ1v) is 7.75. The van der Waals surface area contributed by atoms with Crippen molar-refractivity contribution in [3.05, 3.63) is 23.8 Å². The van der Waals surface area contributed by atoms with Crippen LogP contribution in [0.15, 0.2) is 23.8 Å². The summed E-state index contributed by atoms with van der Waals surface area (Å²) in [6, 6.07) is 0. The molecular formula is C17H28O. The highest BCUT2D eigenvalue weighted by molar-refractivity contribution is 5.28. The topological polar surface area (TPSA) is 20.2 Å². The number of aliphatic hydroxyl groups excluding tert-OH is 1. The van der Waals surface area contributed by atoms with Gasteiger partial charge in [-0.1, -0.05) is 50.0 Å². The van der Waals surface area contributed by atoms with Crippen molar-refractivity contribution >= 4 is 0 Å². The first-order valence-electron chi connectivity index (χ1n) is 7.75. The van der Waals surface area contributed by atoms with Crippen molar-refractivity contribution in [2.45, 2.75) is 58.3 Å². The Morgan fingerprint density at radius 2 is 2.11 bits per heavy atom. The monoisotopic (exact) mass is 248 g/mol. The molecule has 2 aliphatic rings. The van der Waals surface area contributed by atoms with E-state index >= 15 is 0 Å². The fraction of sp³-hybridized carbons (Fsp3) is 0.765. The first kappa shape index (κ1) is 13.9. The van der Waals surface area contributed by atoms with Gasteiger partial charge in [0, 0.05) is 6.61 Å². The van der Waals surface area contributed by atoms with Gasteiger partial charge in [0.05, 0.1) is 0 Å². The average molecular weight is 248 g/mol. The molecule has 1 heteroatoms. The maximum Gasteiger partial charge on any atom is 0.0431 e. The molecule has 3 atom stereocenters. The highest BCUT2D eigenvalue weighted by atomic mass is 16.2. The lowest BCUT2D eigenvalue weighted by molar-refractivity contribution is 0.166. The van der Waals surface area contributed by atoms with Crippen LogP contribution in [0.2, 0.25) is 0 Å². The Hall–Kier alpha value is -0.560. The van der Waals surface area contributed by atoms with Crippen molar-refractivity contribution in [1.82, 2.24) is 0 Å². The van der Waals surface area contributed by atoms with E-state index in [2.05, 4.69) is 19.6 Å². The van der Waals surface area contributed by atoms with E-state index in [1.54, 1.807) is 5.57 Å². The van der Waals surface area contributed by atoms with E-state index in [0.717, 1.165) is 24.2 Å². The van der Waals surface area contributed by atoms with Crippen molar-refractivity contribution in [1.29, 1.82) is 0 Å². The molecule has 1 saturated carbocycles. The molecule has 0 spiro atoms. The van der Waals surface area contributed by atoms with Gasteiger partial charge in [-0.3, -0.25) is 0 Å². The molecule has 0 aromatic rings. The van der Waals surface area contributed by atoms with E-state index in [1.165, 1.54) is 50.5 Å². The van der Waals surface area contributed by atoms with Gasteiger partial charge in [-0.05, 0) is 49.9 Å². The molecule has 1 nitrogen and oxygen atoms in total. The van der Waals surface area contributed by atoms with E-state index in [-0.39, 0.29) is 0 Å². The fourth-order valence-electron chi connectivity index (χ4n) is 4.10. The van der Waals surface area contributed by atoms with Crippen LogP contribution in [0.3, 0.4) is 0 Å². The van der Waals surface area contributed by atoms with Crippen molar-refractivity contribution in [2.75, 3.05) is 6.61 Å².